The summed E-state index contributed by atoms with van der Waals surface area (Å²) in [4.78, 5) is 31.6. The molecule has 5 aromatic rings. The second kappa shape index (κ2) is 9.02. The van der Waals surface area contributed by atoms with Crippen LogP contribution in [0.15, 0.2) is 83.9 Å². The summed E-state index contributed by atoms with van der Waals surface area (Å²) in [6, 6.07) is 18.5. The summed E-state index contributed by atoms with van der Waals surface area (Å²) < 4.78 is 3.27. The predicted molar refractivity (Wildman–Crippen MR) is 138 cm³/mol. The molecule has 0 spiro atoms. The van der Waals surface area contributed by atoms with Crippen molar-refractivity contribution >= 4 is 28.4 Å². The third kappa shape index (κ3) is 3.91. The first-order chi connectivity index (χ1) is 17.0. The Morgan fingerprint density at radius 3 is 2.66 bits per heavy atom. The summed E-state index contributed by atoms with van der Waals surface area (Å²) in [5, 5.41) is 8.92. The number of allylic oxidation sites excluding steroid dienone is 1. The second-order valence-electron chi connectivity index (χ2n) is 8.40. The van der Waals surface area contributed by atoms with Crippen LogP contribution in [0.2, 0.25) is 0 Å². The quantitative estimate of drug-likeness (QED) is 0.403. The third-order valence-corrected chi connectivity index (χ3v) is 6.06. The van der Waals surface area contributed by atoms with E-state index in [9.17, 15) is 9.59 Å². The van der Waals surface area contributed by atoms with E-state index in [0.29, 0.717) is 28.0 Å². The summed E-state index contributed by atoms with van der Waals surface area (Å²) in [6.45, 7) is 5.59. The second-order valence-corrected chi connectivity index (χ2v) is 8.40. The average molecular weight is 464 g/mol. The lowest BCUT2D eigenvalue weighted by Crippen LogP contribution is -2.32. The minimum Gasteiger partial charge on any atom is -0.344 e. The molecule has 35 heavy (non-hydrogen) atoms. The molecule has 0 aliphatic rings. The molecule has 3 aromatic heterocycles. The molecular weight excluding hydrogens is 438 g/mol. The molecule has 174 valence electrons. The van der Waals surface area contributed by atoms with Crippen molar-refractivity contribution in [2.75, 3.05) is 0 Å². The van der Waals surface area contributed by atoms with E-state index in [0.717, 1.165) is 16.6 Å². The minimum absolute atomic E-state index is 0.132. The topological polar surface area (TPSA) is 81.3 Å². The lowest BCUT2D eigenvalue weighted by atomic mass is 10.0. The molecule has 0 bridgehead atoms. The van der Waals surface area contributed by atoms with E-state index in [1.54, 1.807) is 34.5 Å². The molecule has 0 unspecified atom stereocenters. The number of hydrogen-bond acceptors (Lipinski definition) is 4. The van der Waals surface area contributed by atoms with Crippen LogP contribution in [-0.4, -0.2) is 25.1 Å². The molecule has 1 amide bonds. The van der Waals surface area contributed by atoms with Gasteiger partial charge in [-0.3, -0.25) is 14.2 Å². The molecule has 1 N–H and O–H groups in total. The molecule has 0 aliphatic carbocycles. The Hall–Kier alpha value is -4.52. The fourth-order valence-corrected chi connectivity index (χ4v) is 4.49. The van der Waals surface area contributed by atoms with Gasteiger partial charge in [0.2, 0.25) is 0 Å². The number of carbonyl (C=O) groups is 1. The van der Waals surface area contributed by atoms with Crippen molar-refractivity contribution in [2.45, 2.75) is 26.8 Å². The smallest absolute Gasteiger partial charge is 0.263 e. The zero-order chi connectivity index (χ0) is 24.5. The lowest BCUT2D eigenvalue weighted by Gasteiger charge is -2.21. The Balaban J connectivity index is 1.66. The third-order valence-electron chi connectivity index (χ3n) is 6.06. The van der Waals surface area contributed by atoms with Gasteiger partial charge in [-0.1, -0.05) is 48.6 Å². The van der Waals surface area contributed by atoms with Gasteiger partial charge in [0.1, 0.15) is 5.56 Å². The molecule has 0 saturated carbocycles. The predicted octanol–water partition coefficient (Wildman–Crippen LogP) is 4.87. The highest BCUT2D eigenvalue weighted by Gasteiger charge is 2.23. The Labute approximate surface area is 202 Å². The number of pyridine rings is 1. The normalized spacial score (nSPS) is 12.4. The first-order valence-electron chi connectivity index (χ1n) is 11.5. The SMILES string of the molecule is C/C=C/c1cccc2cc([C@H](C)NC(=O)c3c(C)nn4cccnc34)n(-c3ccccc3)c(=O)c12. The molecule has 1 atom stereocenters. The number of benzene rings is 2. The van der Waals surface area contributed by atoms with Gasteiger partial charge in [0.05, 0.1) is 17.1 Å². The van der Waals surface area contributed by atoms with E-state index < -0.39 is 6.04 Å². The van der Waals surface area contributed by atoms with Crippen molar-refractivity contribution in [1.29, 1.82) is 0 Å². The minimum atomic E-state index is -0.469. The number of hydrogen-bond donors (Lipinski definition) is 1. The monoisotopic (exact) mass is 463 g/mol. The number of aromatic nitrogens is 4. The highest BCUT2D eigenvalue weighted by Crippen LogP contribution is 2.24. The summed E-state index contributed by atoms with van der Waals surface area (Å²) in [7, 11) is 0. The van der Waals surface area contributed by atoms with Crippen LogP contribution >= 0.6 is 0 Å². The zero-order valence-corrected chi connectivity index (χ0v) is 19.8. The molecule has 0 saturated heterocycles. The molecule has 3 heterocycles. The van der Waals surface area contributed by atoms with Crippen molar-refractivity contribution in [3.8, 4) is 5.69 Å². The summed E-state index contributed by atoms with van der Waals surface area (Å²) in [5.41, 5.74) is 3.64. The van der Waals surface area contributed by atoms with Crippen molar-refractivity contribution in [3.63, 3.8) is 0 Å². The van der Waals surface area contributed by atoms with Gasteiger partial charge in [0.25, 0.3) is 11.5 Å². The van der Waals surface area contributed by atoms with E-state index >= 15 is 0 Å². The molecule has 0 aliphatic heterocycles. The Kier molecular flexibility index (Phi) is 5.74. The number of fused-ring (bicyclic) bond motifs is 2. The summed E-state index contributed by atoms with van der Waals surface area (Å²) in [5.74, 6) is -0.293. The van der Waals surface area contributed by atoms with E-state index in [4.69, 9.17) is 0 Å². The van der Waals surface area contributed by atoms with Crippen molar-refractivity contribution in [2.24, 2.45) is 0 Å². The van der Waals surface area contributed by atoms with Crippen molar-refractivity contribution < 1.29 is 4.79 Å². The average Bonchev–Trinajstić information content (AvgIpc) is 3.20. The molecular formula is C28H25N5O2. The van der Waals surface area contributed by atoms with Crippen LogP contribution in [0, 0.1) is 6.92 Å². The van der Waals surface area contributed by atoms with Crippen LogP contribution in [0.5, 0.6) is 0 Å². The largest absolute Gasteiger partial charge is 0.344 e. The van der Waals surface area contributed by atoms with Crippen LogP contribution in [0.3, 0.4) is 0 Å². The van der Waals surface area contributed by atoms with Gasteiger partial charge >= 0.3 is 0 Å². The van der Waals surface area contributed by atoms with Gasteiger partial charge in [-0.15, -0.1) is 0 Å². The maximum Gasteiger partial charge on any atom is 0.263 e. The Morgan fingerprint density at radius 2 is 1.89 bits per heavy atom. The number of carbonyl (C=O) groups excluding carboxylic acids is 1. The van der Waals surface area contributed by atoms with Crippen LogP contribution in [0.1, 0.15) is 47.2 Å². The number of rotatable bonds is 5. The fraction of sp³-hybridized carbons (Fsp3) is 0.143. The first-order valence-corrected chi connectivity index (χ1v) is 11.5. The van der Waals surface area contributed by atoms with Gasteiger partial charge < -0.3 is 5.32 Å². The van der Waals surface area contributed by atoms with Gasteiger partial charge in [-0.2, -0.15) is 5.10 Å². The number of para-hydroxylation sites is 1. The molecule has 7 nitrogen and oxygen atoms in total. The van der Waals surface area contributed by atoms with Crippen molar-refractivity contribution in [3.05, 3.63) is 112 Å². The van der Waals surface area contributed by atoms with Gasteiger partial charge in [-0.05, 0) is 56.0 Å². The Bertz CT molecular complexity index is 1650. The lowest BCUT2D eigenvalue weighted by molar-refractivity contribution is 0.0939. The highest BCUT2D eigenvalue weighted by atomic mass is 16.2. The van der Waals surface area contributed by atoms with Gasteiger partial charge in [0, 0.05) is 23.8 Å². The Morgan fingerprint density at radius 1 is 1.09 bits per heavy atom. The summed E-state index contributed by atoms with van der Waals surface area (Å²) in [6.07, 6.45) is 7.25. The molecule has 0 radical (unpaired) electrons. The highest BCUT2D eigenvalue weighted by molar-refractivity contribution is 6.01. The van der Waals surface area contributed by atoms with Gasteiger partial charge in [0.15, 0.2) is 5.65 Å². The van der Waals surface area contributed by atoms with Gasteiger partial charge in [-0.25, -0.2) is 9.50 Å². The maximum atomic E-state index is 13.9. The van der Waals surface area contributed by atoms with Crippen molar-refractivity contribution in [1.82, 2.24) is 24.5 Å². The molecule has 5 rings (SSSR count). The summed E-state index contributed by atoms with van der Waals surface area (Å²) >= 11 is 0. The number of nitrogens with zero attached hydrogens (tertiary/aromatic N) is 4. The first kappa shape index (κ1) is 22.3. The van der Waals surface area contributed by atoms with E-state index in [2.05, 4.69) is 15.4 Å². The van der Waals surface area contributed by atoms with E-state index in [1.165, 1.54) is 0 Å². The van der Waals surface area contributed by atoms with Crippen LogP contribution < -0.4 is 10.9 Å². The van der Waals surface area contributed by atoms with Crippen LogP contribution in [0.25, 0.3) is 28.2 Å². The standard InChI is InChI=1S/C28H25N5O2/c1-4-10-20-11-8-12-21-17-23(33(28(35)25(20)21)22-13-6-5-7-14-22)18(2)30-27(34)24-19(3)31-32-16-9-15-29-26(24)32/h4-18H,1-3H3,(H,30,34)/b10-4+/t18-/m0/s1. The van der Waals surface area contributed by atoms with E-state index in [-0.39, 0.29) is 11.5 Å². The fourth-order valence-electron chi connectivity index (χ4n) is 4.49. The number of aryl methyl sites for hydroxylation is 1. The molecule has 2 aromatic carbocycles. The maximum absolute atomic E-state index is 13.9. The molecule has 0 fully saturated rings. The van der Waals surface area contributed by atoms with Crippen LogP contribution in [0.4, 0.5) is 0 Å². The zero-order valence-electron chi connectivity index (χ0n) is 19.8. The van der Waals surface area contributed by atoms with E-state index in [1.807, 2.05) is 80.6 Å². The molecule has 7 heteroatoms. The number of amides is 1. The number of nitrogens with one attached hydrogen (secondary N) is 1. The van der Waals surface area contributed by atoms with Crippen LogP contribution in [-0.2, 0) is 0 Å².